The standard InChI is InChI=1S/C19H17Cl2N3/c1-10-6-5-7-11-16(10)24(4)18-17(19(11,2)3)22-14-8-12(20)13(21)9-15(14)23-18/h5-9H,1-4H3. The normalized spacial score (nSPS) is 15.3. The van der Waals surface area contributed by atoms with Crippen LogP contribution in [0.15, 0.2) is 30.3 Å². The van der Waals surface area contributed by atoms with Gasteiger partial charge in [0.25, 0.3) is 0 Å². The fourth-order valence-electron chi connectivity index (χ4n) is 3.54. The minimum Gasteiger partial charge on any atom is -0.327 e. The molecule has 0 aliphatic carbocycles. The molecule has 5 heteroatoms. The third-order valence-electron chi connectivity index (χ3n) is 4.84. The molecule has 0 spiro atoms. The number of para-hydroxylation sites is 1. The number of benzene rings is 2. The number of halogens is 2. The number of nitrogens with zero attached hydrogens (tertiary/aromatic N) is 3. The summed E-state index contributed by atoms with van der Waals surface area (Å²) in [5.74, 6) is 0.868. The Kier molecular flexibility index (Phi) is 3.32. The zero-order valence-electron chi connectivity index (χ0n) is 14.0. The van der Waals surface area contributed by atoms with Crippen LogP contribution in [0.5, 0.6) is 0 Å². The molecule has 0 N–H and O–H groups in total. The lowest BCUT2D eigenvalue weighted by Crippen LogP contribution is -2.33. The van der Waals surface area contributed by atoms with Gasteiger partial charge < -0.3 is 4.90 Å². The molecule has 1 aromatic heterocycles. The fourth-order valence-corrected chi connectivity index (χ4v) is 3.85. The van der Waals surface area contributed by atoms with Crippen LogP contribution in [-0.2, 0) is 5.41 Å². The van der Waals surface area contributed by atoms with Crippen LogP contribution in [-0.4, -0.2) is 17.0 Å². The Morgan fingerprint density at radius 2 is 1.62 bits per heavy atom. The molecular formula is C19H17Cl2N3. The van der Waals surface area contributed by atoms with Gasteiger partial charge in [0.05, 0.1) is 26.8 Å². The van der Waals surface area contributed by atoms with Crippen molar-refractivity contribution in [2.75, 3.05) is 11.9 Å². The van der Waals surface area contributed by atoms with Gasteiger partial charge in [-0.1, -0.05) is 41.4 Å². The SMILES string of the molecule is Cc1cccc2c1N(C)c1nc3cc(Cl)c(Cl)cc3nc1C2(C)C. The lowest BCUT2D eigenvalue weighted by atomic mass is 9.76. The Balaban J connectivity index is 2.08. The van der Waals surface area contributed by atoms with E-state index in [0.717, 1.165) is 22.5 Å². The summed E-state index contributed by atoms with van der Waals surface area (Å²) in [5.41, 5.74) is 5.91. The summed E-state index contributed by atoms with van der Waals surface area (Å²) in [4.78, 5) is 11.9. The maximum Gasteiger partial charge on any atom is 0.156 e. The third-order valence-corrected chi connectivity index (χ3v) is 5.57. The van der Waals surface area contributed by atoms with Gasteiger partial charge in [-0.2, -0.15) is 0 Å². The highest BCUT2D eigenvalue weighted by Gasteiger charge is 2.38. The van der Waals surface area contributed by atoms with Crippen LogP contribution in [0, 0.1) is 6.92 Å². The van der Waals surface area contributed by atoms with Crippen molar-refractivity contribution in [3.8, 4) is 0 Å². The van der Waals surface area contributed by atoms with Crippen molar-refractivity contribution in [2.24, 2.45) is 0 Å². The predicted octanol–water partition coefficient (Wildman–Crippen LogP) is 5.65. The van der Waals surface area contributed by atoms with Gasteiger partial charge >= 0.3 is 0 Å². The maximum atomic E-state index is 6.16. The fraction of sp³-hybridized carbons (Fsp3) is 0.263. The number of aromatic nitrogens is 2. The zero-order valence-corrected chi connectivity index (χ0v) is 15.5. The minimum atomic E-state index is -0.240. The van der Waals surface area contributed by atoms with Gasteiger partial charge in [0, 0.05) is 18.2 Å². The molecule has 4 rings (SSSR count). The maximum absolute atomic E-state index is 6.16. The first-order valence-corrected chi connectivity index (χ1v) is 8.57. The molecule has 24 heavy (non-hydrogen) atoms. The smallest absolute Gasteiger partial charge is 0.156 e. The van der Waals surface area contributed by atoms with Gasteiger partial charge in [-0.05, 0) is 44.0 Å². The Hall–Kier alpha value is -1.84. The van der Waals surface area contributed by atoms with E-state index in [1.54, 1.807) is 12.1 Å². The molecule has 0 saturated carbocycles. The van der Waals surface area contributed by atoms with Gasteiger partial charge in [-0.3, -0.25) is 0 Å². The predicted molar refractivity (Wildman–Crippen MR) is 101 cm³/mol. The number of fused-ring (bicyclic) bond motifs is 3. The van der Waals surface area contributed by atoms with Crippen molar-refractivity contribution in [2.45, 2.75) is 26.2 Å². The van der Waals surface area contributed by atoms with Crippen molar-refractivity contribution in [1.82, 2.24) is 9.97 Å². The minimum absolute atomic E-state index is 0.240. The summed E-state index contributed by atoms with van der Waals surface area (Å²) in [6.45, 7) is 6.51. The van der Waals surface area contributed by atoms with Gasteiger partial charge in [0.1, 0.15) is 0 Å². The highest BCUT2D eigenvalue weighted by molar-refractivity contribution is 6.42. The van der Waals surface area contributed by atoms with Crippen LogP contribution in [0.4, 0.5) is 11.5 Å². The van der Waals surface area contributed by atoms with E-state index in [4.69, 9.17) is 33.2 Å². The molecule has 0 amide bonds. The molecule has 2 aromatic carbocycles. The summed E-state index contributed by atoms with van der Waals surface area (Å²) >= 11 is 12.3. The van der Waals surface area contributed by atoms with E-state index in [-0.39, 0.29) is 5.41 Å². The topological polar surface area (TPSA) is 29.0 Å². The lowest BCUT2D eigenvalue weighted by molar-refractivity contribution is 0.603. The van der Waals surface area contributed by atoms with Crippen LogP contribution >= 0.6 is 23.2 Å². The Morgan fingerprint density at radius 3 is 2.29 bits per heavy atom. The first-order chi connectivity index (χ1) is 11.3. The van der Waals surface area contributed by atoms with Crippen molar-refractivity contribution in [3.63, 3.8) is 0 Å². The average molecular weight is 358 g/mol. The highest BCUT2D eigenvalue weighted by atomic mass is 35.5. The van der Waals surface area contributed by atoms with Gasteiger partial charge in [-0.15, -0.1) is 0 Å². The van der Waals surface area contributed by atoms with E-state index in [1.807, 2.05) is 7.05 Å². The van der Waals surface area contributed by atoms with E-state index in [2.05, 4.69) is 43.9 Å². The zero-order chi connectivity index (χ0) is 17.2. The number of rotatable bonds is 0. The molecular weight excluding hydrogens is 341 g/mol. The summed E-state index contributed by atoms with van der Waals surface area (Å²) in [5, 5.41) is 0.990. The van der Waals surface area contributed by atoms with Crippen molar-refractivity contribution in [3.05, 3.63) is 57.2 Å². The monoisotopic (exact) mass is 357 g/mol. The van der Waals surface area contributed by atoms with E-state index < -0.39 is 0 Å². The third kappa shape index (κ3) is 2.04. The molecule has 1 aliphatic rings. The number of aryl methyl sites for hydroxylation is 1. The molecule has 2 heterocycles. The molecule has 3 aromatic rings. The molecule has 0 atom stereocenters. The molecule has 0 fully saturated rings. The van der Waals surface area contributed by atoms with Crippen molar-refractivity contribution >= 4 is 45.7 Å². The second kappa shape index (κ2) is 5.08. The Labute approximate surface area is 151 Å². The molecule has 3 nitrogen and oxygen atoms in total. The van der Waals surface area contributed by atoms with E-state index >= 15 is 0 Å². The van der Waals surface area contributed by atoms with Gasteiger partial charge in [0.2, 0.25) is 0 Å². The summed E-state index contributed by atoms with van der Waals surface area (Å²) in [7, 11) is 2.04. The highest BCUT2D eigenvalue weighted by Crippen LogP contribution is 2.48. The van der Waals surface area contributed by atoms with Crippen LogP contribution < -0.4 is 4.90 Å². The van der Waals surface area contributed by atoms with Crippen LogP contribution in [0.25, 0.3) is 11.0 Å². The van der Waals surface area contributed by atoms with Crippen molar-refractivity contribution in [1.29, 1.82) is 0 Å². The largest absolute Gasteiger partial charge is 0.327 e. The first-order valence-electron chi connectivity index (χ1n) is 7.82. The van der Waals surface area contributed by atoms with E-state index in [0.29, 0.717) is 10.0 Å². The first kappa shape index (κ1) is 15.7. The van der Waals surface area contributed by atoms with E-state index in [9.17, 15) is 0 Å². The second-order valence-electron chi connectivity index (χ2n) is 6.81. The number of hydrogen-bond acceptors (Lipinski definition) is 3. The molecule has 0 radical (unpaired) electrons. The summed E-state index contributed by atoms with van der Waals surface area (Å²) in [6.07, 6.45) is 0. The van der Waals surface area contributed by atoms with Crippen molar-refractivity contribution < 1.29 is 0 Å². The van der Waals surface area contributed by atoms with Crippen LogP contribution in [0.3, 0.4) is 0 Å². The Morgan fingerprint density at radius 1 is 1.00 bits per heavy atom. The molecule has 0 bridgehead atoms. The molecule has 122 valence electrons. The second-order valence-corrected chi connectivity index (χ2v) is 7.62. The lowest BCUT2D eigenvalue weighted by Gasteiger charge is -2.39. The van der Waals surface area contributed by atoms with E-state index in [1.165, 1.54) is 16.8 Å². The van der Waals surface area contributed by atoms with Crippen LogP contribution in [0.2, 0.25) is 10.0 Å². The number of anilines is 2. The molecule has 0 saturated heterocycles. The Bertz CT molecular complexity index is 996. The number of hydrogen-bond donors (Lipinski definition) is 0. The van der Waals surface area contributed by atoms with Gasteiger partial charge in [0.15, 0.2) is 5.82 Å². The summed E-state index contributed by atoms with van der Waals surface area (Å²) < 4.78 is 0. The molecule has 1 aliphatic heterocycles. The molecule has 0 unspecified atom stereocenters. The van der Waals surface area contributed by atoms with Gasteiger partial charge in [-0.25, -0.2) is 9.97 Å². The quantitative estimate of drug-likeness (QED) is 0.520. The average Bonchev–Trinajstić information content (AvgIpc) is 2.53. The summed E-state index contributed by atoms with van der Waals surface area (Å²) in [6, 6.07) is 9.96. The van der Waals surface area contributed by atoms with Crippen LogP contribution in [0.1, 0.15) is 30.7 Å².